The van der Waals surface area contributed by atoms with E-state index in [1.165, 1.54) is 0 Å². The minimum absolute atomic E-state index is 0.0652. The largest absolute Gasteiger partial charge is 0.375 e. The van der Waals surface area contributed by atoms with Crippen LogP contribution in [0.4, 0.5) is 0 Å². The minimum atomic E-state index is -0.0811. The molecule has 0 unspecified atom stereocenters. The van der Waals surface area contributed by atoms with Gasteiger partial charge < -0.3 is 9.64 Å². The molecule has 0 bridgehead atoms. The summed E-state index contributed by atoms with van der Waals surface area (Å²) in [6.07, 6.45) is 0.390. The van der Waals surface area contributed by atoms with Crippen LogP contribution in [0.25, 0.3) is 11.0 Å². The van der Waals surface area contributed by atoms with Crippen LogP contribution in [-0.4, -0.2) is 45.2 Å². The number of aryl methyl sites for hydroxylation is 2. The molecule has 1 fully saturated rings. The molecule has 1 amide bonds. The van der Waals surface area contributed by atoms with E-state index in [0.29, 0.717) is 26.1 Å². The molecule has 6 nitrogen and oxygen atoms in total. The zero-order valence-electron chi connectivity index (χ0n) is 13.9. The maximum absolute atomic E-state index is 12.5. The first-order chi connectivity index (χ1) is 11.0. The fourth-order valence-electron chi connectivity index (χ4n) is 3.18. The van der Waals surface area contributed by atoms with E-state index in [4.69, 9.17) is 4.74 Å². The van der Waals surface area contributed by atoms with E-state index < -0.39 is 0 Å². The number of imidazole rings is 1. The average Bonchev–Trinajstić information content (AvgIpc) is 2.79. The highest BCUT2D eigenvalue weighted by atomic mass is 16.5. The molecule has 0 aliphatic carbocycles. The van der Waals surface area contributed by atoms with Gasteiger partial charge in [-0.1, -0.05) is 12.1 Å². The van der Waals surface area contributed by atoms with Crippen LogP contribution < -0.4 is 5.69 Å². The van der Waals surface area contributed by atoms with Crippen molar-refractivity contribution in [2.24, 2.45) is 7.05 Å². The summed E-state index contributed by atoms with van der Waals surface area (Å²) in [6, 6.07) is 7.74. The lowest BCUT2D eigenvalue weighted by molar-refractivity contribution is -0.143. The van der Waals surface area contributed by atoms with Crippen LogP contribution in [0.3, 0.4) is 0 Å². The van der Waals surface area contributed by atoms with Crippen molar-refractivity contribution >= 4 is 16.9 Å². The minimum Gasteiger partial charge on any atom is -0.375 e. The van der Waals surface area contributed by atoms with Crippen LogP contribution in [0, 0.1) is 0 Å². The predicted octanol–water partition coefficient (Wildman–Crippen LogP) is 1.37. The standard InChI is InChI=1S/C17H23N3O3/c1-12-11-23-13(2)10-20(12)16(21)8-9-19-15-7-5-4-6-14(15)18(3)17(19)22/h4-7,12-13H,8-11H2,1-3H3/t12-,13-/m1/s1. The molecule has 3 rings (SSSR count). The first kappa shape index (κ1) is 15.8. The molecule has 1 saturated heterocycles. The van der Waals surface area contributed by atoms with Gasteiger partial charge in [-0.2, -0.15) is 0 Å². The highest BCUT2D eigenvalue weighted by molar-refractivity contribution is 5.78. The molecule has 2 aromatic rings. The lowest BCUT2D eigenvalue weighted by Crippen LogP contribution is -2.50. The lowest BCUT2D eigenvalue weighted by atomic mass is 10.2. The van der Waals surface area contributed by atoms with Crippen LogP contribution in [0.1, 0.15) is 20.3 Å². The van der Waals surface area contributed by atoms with Gasteiger partial charge in [0.1, 0.15) is 0 Å². The number of fused-ring (bicyclic) bond motifs is 1. The van der Waals surface area contributed by atoms with E-state index in [0.717, 1.165) is 11.0 Å². The zero-order valence-corrected chi connectivity index (χ0v) is 13.9. The maximum atomic E-state index is 12.5. The van der Waals surface area contributed by atoms with E-state index in [-0.39, 0.29) is 23.7 Å². The number of hydrogen-bond acceptors (Lipinski definition) is 3. The van der Waals surface area contributed by atoms with Gasteiger partial charge in [-0.25, -0.2) is 4.79 Å². The molecule has 1 aliphatic heterocycles. The quantitative estimate of drug-likeness (QED) is 0.859. The molecule has 2 heterocycles. The molecule has 124 valence electrons. The number of morpholine rings is 1. The van der Waals surface area contributed by atoms with Gasteiger partial charge in [0.25, 0.3) is 0 Å². The van der Waals surface area contributed by atoms with Crippen molar-refractivity contribution < 1.29 is 9.53 Å². The van der Waals surface area contributed by atoms with E-state index in [1.54, 1.807) is 16.2 Å². The Morgan fingerprint density at radius 2 is 1.96 bits per heavy atom. The molecule has 0 spiro atoms. The Balaban J connectivity index is 1.77. The Labute approximate surface area is 135 Å². The fourth-order valence-corrected chi connectivity index (χ4v) is 3.18. The monoisotopic (exact) mass is 317 g/mol. The molecular formula is C17H23N3O3. The van der Waals surface area contributed by atoms with Crippen molar-refractivity contribution in [3.63, 3.8) is 0 Å². The number of nitrogens with zero attached hydrogens (tertiary/aromatic N) is 3. The summed E-state index contributed by atoms with van der Waals surface area (Å²) in [7, 11) is 1.76. The highest BCUT2D eigenvalue weighted by Gasteiger charge is 2.27. The molecule has 0 saturated carbocycles. The lowest BCUT2D eigenvalue weighted by Gasteiger charge is -2.36. The van der Waals surface area contributed by atoms with Gasteiger partial charge in [0, 0.05) is 26.6 Å². The van der Waals surface area contributed by atoms with Crippen molar-refractivity contribution in [2.75, 3.05) is 13.2 Å². The van der Waals surface area contributed by atoms with E-state index >= 15 is 0 Å². The fraction of sp³-hybridized carbons (Fsp3) is 0.529. The summed E-state index contributed by atoms with van der Waals surface area (Å²) >= 11 is 0. The number of ether oxygens (including phenoxy) is 1. The normalized spacial score (nSPS) is 21.8. The average molecular weight is 317 g/mol. The van der Waals surface area contributed by atoms with Crippen LogP contribution in [0.5, 0.6) is 0 Å². The van der Waals surface area contributed by atoms with Gasteiger partial charge in [0.15, 0.2) is 0 Å². The van der Waals surface area contributed by atoms with E-state index in [1.807, 2.05) is 43.0 Å². The van der Waals surface area contributed by atoms with Crippen molar-refractivity contribution in [2.45, 2.75) is 39.0 Å². The first-order valence-electron chi connectivity index (χ1n) is 8.04. The number of hydrogen-bond donors (Lipinski definition) is 0. The Morgan fingerprint density at radius 3 is 2.70 bits per heavy atom. The SMILES string of the molecule is C[C@@H]1CN(C(=O)CCn2c(=O)n(C)c3ccccc32)[C@H](C)CO1. The number of carbonyl (C=O) groups is 1. The van der Waals surface area contributed by atoms with E-state index in [2.05, 4.69) is 0 Å². The summed E-state index contributed by atoms with van der Waals surface area (Å²) < 4.78 is 8.87. The number of amides is 1. The number of aromatic nitrogens is 2. The number of rotatable bonds is 3. The molecule has 0 N–H and O–H groups in total. The molecule has 0 radical (unpaired) electrons. The molecule has 23 heavy (non-hydrogen) atoms. The Hall–Kier alpha value is -2.08. The summed E-state index contributed by atoms with van der Waals surface area (Å²) in [5.41, 5.74) is 1.68. The molecule has 1 aliphatic rings. The van der Waals surface area contributed by atoms with Gasteiger partial charge in [0.2, 0.25) is 5.91 Å². The first-order valence-corrected chi connectivity index (χ1v) is 8.04. The summed E-state index contributed by atoms with van der Waals surface area (Å²) in [4.78, 5) is 26.8. The highest BCUT2D eigenvalue weighted by Crippen LogP contribution is 2.15. The molecule has 1 aromatic heterocycles. The smallest absolute Gasteiger partial charge is 0.328 e. The molecule has 6 heteroatoms. The van der Waals surface area contributed by atoms with Gasteiger partial charge >= 0.3 is 5.69 Å². The number of para-hydroxylation sites is 2. The summed E-state index contributed by atoms with van der Waals surface area (Å²) in [5, 5.41) is 0. The number of carbonyl (C=O) groups excluding carboxylic acids is 1. The van der Waals surface area contributed by atoms with Gasteiger partial charge in [-0.3, -0.25) is 13.9 Å². The third-order valence-electron chi connectivity index (χ3n) is 4.53. The maximum Gasteiger partial charge on any atom is 0.328 e. The molecular weight excluding hydrogens is 294 g/mol. The Morgan fingerprint density at radius 1 is 1.26 bits per heavy atom. The van der Waals surface area contributed by atoms with Gasteiger partial charge in [-0.15, -0.1) is 0 Å². The van der Waals surface area contributed by atoms with Crippen LogP contribution in [0.2, 0.25) is 0 Å². The van der Waals surface area contributed by atoms with Crippen LogP contribution >= 0.6 is 0 Å². The van der Waals surface area contributed by atoms with Crippen LogP contribution in [0.15, 0.2) is 29.1 Å². The van der Waals surface area contributed by atoms with Gasteiger partial charge in [-0.05, 0) is 26.0 Å². The van der Waals surface area contributed by atoms with Crippen molar-refractivity contribution in [1.29, 1.82) is 0 Å². The second-order valence-corrected chi connectivity index (χ2v) is 6.27. The summed E-state index contributed by atoms with van der Waals surface area (Å²) in [6.45, 7) is 5.55. The van der Waals surface area contributed by atoms with Crippen molar-refractivity contribution in [1.82, 2.24) is 14.0 Å². The van der Waals surface area contributed by atoms with Crippen molar-refractivity contribution in [3.05, 3.63) is 34.7 Å². The Bertz CT molecular complexity index is 777. The number of benzene rings is 1. The van der Waals surface area contributed by atoms with E-state index in [9.17, 15) is 9.59 Å². The third-order valence-corrected chi connectivity index (χ3v) is 4.53. The van der Waals surface area contributed by atoms with Crippen LogP contribution in [-0.2, 0) is 23.1 Å². The Kier molecular flexibility index (Phi) is 4.26. The zero-order chi connectivity index (χ0) is 16.6. The predicted molar refractivity (Wildman–Crippen MR) is 88.4 cm³/mol. The third kappa shape index (κ3) is 2.91. The molecule has 1 aromatic carbocycles. The molecule has 2 atom stereocenters. The second kappa shape index (κ2) is 6.20. The topological polar surface area (TPSA) is 56.5 Å². The van der Waals surface area contributed by atoms with Crippen molar-refractivity contribution in [3.8, 4) is 0 Å². The summed E-state index contributed by atoms with van der Waals surface area (Å²) in [5.74, 6) is 0.0764. The van der Waals surface area contributed by atoms with Gasteiger partial charge in [0.05, 0.1) is 29.8 Å². The second-order valence-electron chi connectivity index (χ2n) is 6.27.